The van der Waals surface area contributed by atoms with Crippen LogP contribution in [0.15, 0.2) is 12.1 Å². The Kier molecular flexibility index (Phi) is 1.86. The van der Waals surface area contributed by atoms with Crippen molar-refractivity contribution in [1.82, 2.24) is 9.97 Å². The van der Waals surface area contributed by atoms with Gasteiger partial charge in [0.25, 0.3) is 0 Å². The van der Waals surface area contributed by atoms with Crippen molar-refractivity contribution >= 4 is 16.7 Å². The van der Waals surface area contributed by atoms with Crippen LogP contribution in [0.5, 0.6) is 0 Å². The molecule has 14 heavy (non-hydrogen) atoms. The minimum Gasteiger partial charge on any atom is -0.375 e. The Labute approximate surface area is 81.8 Å². The Morgan fingerprint density at radius 3 is 2.93 bits per heavy atom. The van der Waals surface area contributed by atoms with Crippen LogP contribution in [0.4, 0.5) is 5.69 Å². The van der Waals surface area contributed by atoms with Crippen molar-refractivity contribution in [2.24, 2.45) is 0 Å². The number of H-pyrrole nitrogens is 1. The van der Waals surface area contributed by atoms with Crippen molar-refractivity contribution in [3.8, 4) is 6.07 Å². The fourth-order valence-electron chi connectivity index (χ4n) is 1.48. The van der Waals surface area contributed by atoms with Gasteiger partial charge in [-0.1, -0.05) is 0 Å². The second-order valence-electron chi connectivity index (χ2n) is 3.21. The number of hydrogen-bond acceptors (Lipinski definition) is 3. The highest BCUT2D eigenvalue weighted by Crippen LogP contribution is 2.26. The Bertz CT molecular complexity index is 504. The van der Waals surface area contributed by atoms with Crippen molar-refractivity contribution in [1.29, 1.82) is 5.26 Å². The van der Waals surface area contributed by atoms with Gasteiger partial charge in [-0.2, -0.15) is 5.26 Å². The predicted octanol–water partition coefficient (Wildman–Crippen LogP) is 1.30. The first-order valence-electron chi connectivity index (χ1n) is 4.20. The molecule has 0 spiro atoms. The molecular formula is C10H9N4. The predicted molar refractivity (Wildman–Crippen MR) is 54.0 cm³/mol. The lowest BCUT2D eigenvalue weighted by Gasteiger charge is -2.14. The number of nitriles is 1. The summed E-state index contributed by atoms with van der Waals surface area (Å²) in [6.07, 6.45) is 2.67. The number of aromatic nitrogens is 2. The van der Waals surface area contributed by atoms with Gasteiger partial charge in [-0.25, -0.2) is 4.98 Å². The molecular weight excluding hydrogens is 176 g/mol. The summed E-state index contributed by atoms with van der Waals surface area (Å²) < 4.78 is 0. The lowest BCUT2D eigenvalue weighted by molar-refractivity contribution is 1.13. The molecule has 0 unspecified atom stereocenters. The van der Waals surface area contributed by atoms with E-state index in [0.29, 0.717) is 5.56 Å². The third kappa shape index (κ3) is 1.11. The lowest BCUT2D eigenvalue weighted by Crippen LogP contribution is -2.11. The van der Waals surface area contributed by atoms with Gasteiger partial charge in [0.1, 0.15) is 11.6 Å². The van der Waals surface area contributed by atoms with Crippen molar-refractivity contribution in [3.05, 3.63) is 24.0 Å². The molecule has 0 saturated carbocycles. The highest BCUT2D eigenvalue weighted by Gasteiger charge is 2.10. The zero-order chi connectivity index (χ0) is 10.1. The van der Waals surface area contributed by atoms with Gasteiger partial charge in [0.15, 0.2) is 6.33 Å². The standard InChI is InChI=1S/C10H9N4/c1-14(2)10-7(5-11)3-4-8-9(10)13-6-12-8/h3-4H,1-2H3,(H,12,13). The van der Waals surface area contributed by atoms with Crippen LogP contribution >= 0.6 is 0 Å². The van der Waals surface area contributed by atoms with E-state index in [2.05, 4.69) is 22.4 Å². The van der Waals surface area contributed by atoms with E-state index < -0.39 is 0 Å². The average Bonchev–Trinajstić information content (AvgIpc) is 2.62. The first kappa shape index (κ1) is 8.57. The van der Waals surface area contributed by atoms with E-state index in [-0.39, 0.29) is 0 Å². The number of fused-ring (bicyclic) bond motifs is 1. The Hall–Kier alpha value is -2.02. The van der Waals surface area contributed by atoms with Gasteiger partial charge >= 0.3 is 0 Å². The van der Waals surface area contributed by atoms with Gasteiger partial charge < -0.3 is 9.88 Å². The van der Waals surface area contributed by atoms with Gasteiger partial charge in [-0.3, -0.25) is 0 Å². The third-order valence-corrected chi connectivity index (χ3v) is 2.08. The Morgan fingerprint density at radius 1 is 1.50 bits per heavy atom. The van der Waals surface area contributed by atoms with Crippen LogP contribution < -0.4 is 4.90 Å². The molecule has 1 heterocycles. The number of nitrogens with zero attached hydrogens (tertiary/aromatic N) is 3. The maximum Gasteiger partial charge on any atom is 0.174 e. The molecule has 1 radical (unpaired) electrons. The molecule has 0 atom stereocenters. The van der Waals surface area contributed by atoms with E-state index >= 15 is 0 Å². The molecule has 4 nitrogen and oxygen atoms in total. The van der Waals surface area contributed by atoms with E-state index in [1.807, 2.05) is 25.1 Å². The molecule has 1 aromatic heterocycles. The fourth-order valence-corrected chi connectivity index (χ4v) is 1.48. The quantitative estimate of drug-likeness (QED) is 0.728. The lowest BCUT2D eigenvalue weighted by atomic mass is 10.1. The molecule has 1 aromatic carbocycles. The summed E-state index contributed by atoms with van der Waals surface area (Å²) in [6, 6.07) is 5.77. The van der Waals surface area contributed by atoms with E-state index in [9.17, 15) is 0 Å². The number of benzene rings is 1. The average molecular weight is 185 g/mol. The number of rotatable bonds is 1. The topological polar surface area (TPSA) is 55.7 Å². The minimum absolute atomic E-state index is 0.628. The molecule has 2 rings (SSSR count). The van der Waals surface area contributed by atoms with Crippen molar-refractivity contribution < 1.29 is 0 Å². The molecule has 69 valence electrons. The molecule has 1 N–H and O–H groups in total. The molecule has 0 bridgehead atoms. The highest BCUT2D eigenvalue weighted by molar-refractivity contribution is 5.91. The van der Waals surface area contributed by atoms with Gasteiger partial charge in [-0.05, 0) is 12.1 Å². The molecule has 0 fully saturated rings. The third-order valence-electron chi connectivity index (χ3n) is 2.08. The summed E-state index contributed by atoms with van der Waals surface area (Å²) >= 11 is 0. The summed E-state index contributed by atoms with van der Waals surface area (Å²) in [7, 11) is 3.79. The second kappa shape index (κ2) is 3.04. The van der Waals surface area contributed by atoms with Crippen LogP contribution in [-0.2, 0) is 0 Å². The summed E-state index contributed by atoms with van der Waals surface area (Å²) in [5.41, 5.74) is 3.15. The van der Waals surface area contributed by atoms with E-state index in [0.717, 1.165) is 16.7 Å². The molecule has 4 heteroatoms. The maximum atomic E-state index is 8.94. The van der Waals surface area contributed by atoms with Gasteiger partial charge in [0.2, 0.25) is 0 Å². The van der Waals surface area contributed by atoms with Crippen LogP contribution in [0.2, 0.25) is 0 Å². The first-order valence-corrected chi connectivity index (χ1v) is 4.20. The Balaban J connectivity index is 2.84. The van der Waals surface area contributed by atoms with Gasteiger partial charge in [-0.15, -0.1) is 0 Å². The maximum absolute atomic E-state index is 8.94. The van der Waals surface area contributed by atoms with E-state index in [4.69, 9.17) is 5.26 Å². The van der Waals surface area contributed by atoms with Gasteiger partial charge in [0, 0.05) is 14.1 Å². The number of nitrogens with one attached hydrogen (secondary N) is 1. The highest BCUT2D eigenvalue weighted by atomic mass is 15.1. The normalized spacial score (nSPS) is 10.1. The first-order chi connectivity index (χ1) is 6.74. The van der Waals surface area contributed by atoms with Crippen LogP contribution in [-0.4, -0.2) is 24.1 Å². The van der Waals surface area contributed by atoms with Crippen LogP contribution in [0.3, 0.4) is 0 Å². The number of hydrogen-bond donors (Lipinski definition) is 1. The zero-order valence-electron chi connectivity index (χ0n) is 8.00. The van der Waals surface area contributed by atoms with Crippen molar-refractivity contribution in [2.45, 2.75) is 0 Å². The second-order valence-corrected chi connectivity index (χ2v) is 3.21. The fraction of sp³-hybridized carbons (Fsp3) is 0.200. The van der Waals surface area contributed by atoms with Crippen molar-refractivity contribution in [3.63, 3.8) is 0 Å². The summed E-state index contributed by atoms with van der Waals surface area (Å²) in [6.45, 7) is 0. The number of aromatic amines is 1. The number of anilines is 1. The van der Waals surface area contributed by atoms with Gasteiger partial charge in [0.05, 0.1) is 16.8 Å². The van der Waals surface area contributed by atoms with Crippen LogP contribution in [0.25, 0.3) is 11.0 Å². The van der Waals surface area contributed by atoms with E-state index in [1.54, 1.807) is 6.07 Å². The van der Waals surface area contributed by atoms with E-state index in [1.165, 1.54) is 0 Å². The molecule has 0 saturated heterocycles. The van der Waals surface area contributed by atoms with Crippen LogP contribution in [0, 0.1) is 17.7 Å². The molecule has 2 aromatic rings. The number of imidazole rings is 1. The largest absolute Gasteiger partial charge is 0.375 e. The summed E-state index contributed by atoms with van der Waals surface area (Å²) in [4.78, 5) is 8.85. The monoisotopic (exact) mass is 185 g/mol. The minimum atomic E-state index is 0.628. The summed E-state index contributed by atoms with van der Waals surface area (Å²) in [5.74, 6) is 0. The SMILES string of the molecule is CN(C)c1c(C#N)ccc2[nH][c]nc12. The summed E-state index contributed by atoms with van der Waals surface area (Å²) in [5, 5.41) is 8.94. The van der Waals surface area contributed by atoms with Crippen LogP contribution in [0.1, 0.15) is 5.56 Å². The van der Waals surface area contributed by atoms with Crippen molar-refractivity contribution in [2.75, 3.05) is 19.0 Å². The Morgan fingerprint density at radius 2 is 2.29 bits per heavy atom. The molecule has 0 aliphatic carbocycles. The molecule has 0 amide bonds. The molecule has 0 aliphatic heterocycles. The molecule has 0 aliphatic rings. The smallest absolute Gasteiger partial charge is 0.174 e. The zero-order valence-corrected chi connectivity index (χ0v) is 8.00.